The molecule has 132 valence electrons. The van der Waals surface area contributed by atoms with E-state index in [0.717, 1.165) is 42.6 Å². The fourth-order valence-electron chi connectivity index (χ4n) is 3.20. The molecule has 1 aliphatic heterocycles. The monoisotopic (exact) mass is 338 g/mol. The van der Waals surface area contributed by atoms with Crippen LogP contribution in [0.4, 0.5) is 4.79 Å². The fourth-order valence-corrected chi connectivity index (χ4v) is 3.20. The number of likely N-dealkylation sites (N-methyl/N-ethyl adjacent to an activating group) is 1. The highest BCUT2D eigenvalue weighted by molar-refractivity contribution is 5.74. The largest absolute Gasteiger partial charge is 0.334 e. The Balaban J connectivity index is 1.54. The molecule has 0 saturated carbocycles. The summed E-state index contributed by atoms with van der Waals surface area (Å²) in [4.78, 5) is 20.7. The summed E-state index contributed by atoms with van der Waals surface area (Å²) in [5, 5.41) is 3.04. The SMILES string of the molecule is CN(C)[C@H]1CCCN(C(=O)NCc2ccc(-c3cccnc3)cc2)C1. The number of urea groups is 1. The summed E-state index contributed by atoms with van der Waals surface area (Å²) in [5.41, 5.74) is 3.33. The molecule has 2 heterocycles. The van der Waals surface area contributed by atoms with Crippen LogP contribution in [0.5, 0.6) is 0 Å². The Morgan fingerprint density at radius 3 is 2.72 bits per heavy atom. The molecule has 0 unspecified atom stereocenters. The lowest BCUT2D eigenvalue weighted by atomic mass is 10.1. The van der Waals surface area contributed by atoms with Crippen molar-refractivity contribution in [2.45, 2.75) is 25.4 Å². The van der Waals surface area contributed by atoms with Gasteiger partial charge in [0, 0.05) is 38.1 Å². The normalized spacial score (nSPS) is 17.6. The fraction of sp³-hybridized carbons (Fsp3) is 0.400. The number of benzene rings is 1. The van der Waals surface area contributed by atoms with Crippen LogP contribution in [-0.2, 0) is 6.54 Å². The van der Waals surface area contributed by atoms with Crippen LogP contribution in [0.1, 0.15) is 18.4 Å². The van der Waals surface area contributed by atoms with Gasteiger partial charge in [0.25, 0.3) is 0 Å². The van der Waals surface area contributed by atoms with Gasteiger partial charge in [0.15, 0.2) is 0 Å². The van der Waals surface area contributed by atoms with Crippen LogP contribution in [0.25, 0.3) is 11.1 Å². The smallest absolute Gasteiger partial charge is 0.317 e. The van der Waals surface area contributed by atoms with E-state index in [4.69, 9.17) is 0 Å². The lowest BCUT2D eigenvalue weighted by Crippen LogP contribution is -2.50. The molecule has 1 saturated heterocycles. The van der Waals surface area contributed by atoms with Crippen molar-refractivity contribution in [3.63, 3.8) is 0 Å². The third kappa shape index (κ3) is 4.57. The number of carbonyl (C=O) groups excluding carboxylic acids is 1. The molecule has 5 nitrogen and oxygen atoms in total. The first-order chi connectivity index (χ1) is 12.1. The number of rotatable bonds is 4. The van der Waals surface area contributed by atoms with Crippen LogP contribution >= 0.6 is 0 Å². The molecule has 0 bridgehead atoms. The predicted molar refractivity (Wildman–Crippen MR) is 100 cm³/mol. The van der Waals surface area contributed by atoms with E-state index in [1.54, 1.807) is 6.20 Å². The van der Waals surface area contributed by atoms with Crippen LogP contribution < -0.4 is 5.32 Å². The van der Waals surface area contributed by atoms with Gasteiger partial charge in [-0.15, -0.1) is 0 Å². The Labute approximate surface area is 149 Å². The molecule has 0 aliphatic carbocycles. The van der Waals surface area contributed by atoms with Crippen LogP contribution in [0.15, 0.2) is 48.8 Å². The van der Waals surface area contributed by atoms with Crippen LogP contribution in [0.2, 0.25) is 0 Å². The van der Waals surface area contributed by atoms with Gasteiger partial charge in [0.2, 0.25) is 0 Å². The second-order valence-corrected chi connectivity index (χ2v) is 6.80. The Hall–Kier alpha value is -2.40. The van der Waals surface area contributed by atoms with Gasteiger partial charge in [0.05, 0.1) is 0 Å². The molecule has 5 heteroatoms. The first-order valence-corrected chi connectivity index (χ1v) is 8.82. The molecule has 3 rings (SSSR count). The Kier molecular flexibility index (Phi) is 5.66. The zero-order valence-electron chi connectivity index (χ0n) is 15.0. The minimum absolute atomic E-state index is 0.0304. The first kappa shape index (κ1) is 17.4. The topological polar surface area (TPSA) is 48.5 Å². The first-order valence-electron chi connectivity index (χ1n) is 8.82. The van der Waals surface area contributed by atoms with Gasteiger partial charge in [0.1, 0.15) is 0 Å². The van der Waals surface area contributed by atoms with E-state index in [1.807, 2.05) is 23.2 Å². The summed E-state index contributed by atoms with van der Waals surface area (Å²) in [6.07, 6.45) is 5.85. The van der Waals surface area contributed by atoms with Crippen molar-refractivity contribution >= 4 is 6.03 Å². The second kappa shape index (κ2) is 8.12. The van der Waals surface area contributed by atoms with Gasteiger partial charge in [-0.2, -0.15) is 0 Å². The van der Waals surface area contributed by atoms with Crippen molar-refractivity contribution in [1.29, 1.82) is 0 Å². The van der Waals surface area contributed by atoms with Crippen molar-refractivity contribution in [3.05, 3.63) is 54.4 Å². The highest BCUT2D eigenvalue weighted by Gasteiger charge is 2.24. The quantitative estimate of drug-likeness (QED) is 0.932. The van der Waals surface area contributed by atoms with Crippen molar-refractivity contribution in [2.75, 3.05) is 27.2 Å². The van der Waals surface area contributed by atoms with Gasteiger partial charge in [-0.25, -0.2) is 4.79 Å². The molecule has 2 aromatic rings. The molecule has 0 radical (unpaired) electrons. The number of nitrogens with one attached hydrogen (secondary N) is 1. The van der Waals surface area contributed by atoms with E-state index in [0.29, 0.717) is 12.6 Å². The molecule has 2 amide bonds. The minimum atomic E-state index is 0.0304. The number of hydrogen-bond acceptors (Lipinski definition) is 3. The average Bonchev–Trinajstić information content (AvgIpc) is 2.67. The van der Waals surface area contributed by atoms with Gasteiger partial charge >= 0.3 is 6.03 Å². The van der Waals surface area contributed by atoms with E-state index in [-0.39, 0.29) is 6.03 Å². The van der Waals surface area contributed by atoms with Crippen molar-refractivity contribution in [3.8, 4) is 11.1 Å². The third-order valence-electron chi connectivity index (χ3n) is 4.81. The molecular weight excluding hydrogens is 312 g/mol. The van der Waals surface area contributed by atoms with Gasteiger partial charge in [-0.3, -0.25) is 4.98 Å². The number of nitrogens with zero attached hydrogens (tertiary/aromatic N) is 3. The Bertz CT molecular complexity index is 685. The lowest BCUT2D eigenvalue weighted by molar-refractivity contribution is 0.140. The Morgan fingerprint density at radius 1 is 1.24 bits per heavy atom. The maximum absolute atomic E-state index is 12.4. The van der Waals surface area contributed by atoms with E-state index in [1.165, 1.54) is 0 Å². The van der Waals surface area contributed by atoms with Crippen molar-refractivity contribution < 1.29 is 4.79 Å². The van der Waals surface area contributed by atoms with E-state index in [9.17, 15) is 4.79 Å². The van der Waals surface area contributed by atoms with Gasteiger partial charge in [-0.1, -0.05) is 30.3 Å². The van der Waals surface area contributed by atoms with Crippen LogP contribution in [0, 0.1) is 0 Å². The zero-order chi connectivity index (χ0) is 17.6. The molecular formula is C20H26N4O. The van der Waals surface area contributed by atoms with Crippen LogP contribution in [0.3, 0.4) is 0 Å². The number of piperidine rings is 1. The molecule has 1 aromatic heterocycles. The molecule has 1 aliphatic rings. The average molecular weight is 338 g/mol. The maximum Gasteiger partial charge on any atom is 0.317 e. The van der Waals surface area contributed by atoms with Gasteiger partial charge < -0.3 is 15.1 Å². The number of carbonyl (C=O) groups is 1. The molecule has 1 fully saturated rings. The summed E-state index contributed by atoms with van der Waals surface area (Å²) in [6.45, 7) is 2.20. The summed E-state index contributed by atoms with van der Waals surface area (Å²) in [7, 11) is 4.16. The van der Waals surface area contributed by atoms with E-state index in [2.05, 4.69) is 53.6 Å². The lowest BCUT2D eigenvalue weighted by Gasteiger charge is -2.36. The molecule has 1 aromatic carbocycles. The summed E-state index contributed by atoms with van der Waals surface area (Å²) in [6, 6.07) is 12.7. The molecule has 25 heavy (non-hydrogen) atoms. The van der Waals surface area contributed by atoms with E-state index >= 15 is 0 Å². The minimum Gasteiger partial charge on any atom is -0.334 e. The van der Waals surface area contributed by atoms with Crippen LogP contribution in [-0.4, -0.2) is 54.0 Å². The number of likely N-dealkylation sites (tertiary alicyclic amines) is 1. The molecule has 1 N–H and O–H groups in total. The summed E-state index contributed by atoms with van der Waals surface area (Å²) in [5.74, 6) is 0. The highest BCUT2D eigenvalue weighted by Crippen LogP contribution is 2.18. The number of hydrogen-bond donors (Lipinski definition) is 1. The molecule has 0 spiro atoms. The molecule has 1 atom stereocenters. The van der Waals surface area contributed by atoms with Gasteiger partial charge in [-0.05, 0) is 49.7 Å². The Morgan fingerprint density at radius 2 is 2.04 bits per heavy atom. The van der Waals surface area contributed by atoms with Crippen molar-refractivity contribution in [1.82, 2.24) is 20.1 Å². The maximum atomic E-state index is 12.4. The summed E-state index contributed by atoms with van der Waals surface area (Å²) >= 11 is 0. The third-order valence-corrected chi connectivity index (χ3v) is 4.81. The predicted octanol–water partition coefficient (Wildman–Crippen LogP) is 2.98. The second-order valence-electron chi connectivity index (χ2n) is 6.80. The number of amides is 2. The standard InChI is InChI=1S/C20H26N4O/c1-23(2)19-6-4-12-24(15-19)20(25)22-13-16-7-9-17(10-8-16)18-5-3-11-21-14-18/h3,5,7-11,14,19H,4,6,12-13,15H2,1-2H3,(H,22,25)/t19-/m0/s1. The number of aromatic nitrogens is 1. The number of pyridine rings is 1. The van der Waals surface area contributed by atoms with E-state index < -0.39 is 0 Å². The zero-order valence-corrected chi connectivity index (χ0v) is 15.0. The van der Waals surface area contributed by atoms with Crippen molar-refractivity contribution in [2.24, 2.45) is 0 Å². The highest BCUT2D eigenvalue weighted by atomic mass is 16.2. The summed E-state index contributed by atoms with van der Waals surface area (Å²) < 4.78 is 0.